The monoisotopic (exact) mass is 499 g/mol. The Labute approximate surface area is 211 Å². The highest BCUT2D eigenvalue weighted by molar-refractivity contribution is 8.18. The van der Waals surface area contributed by atoms with Crippen molar-refractivity contribution in [2.75, 3.05) is 6.61 Å². The minimum Gasteiger partial charge on any atom is -0.506 e. The van der Waals surface area contributed by atoms with Crippen LogP contribution in [0.25, 0.3) is 6.08 Å². The number of thiazole rings is 1. The summed E-state index contributed by atoms with van der Waals surface area (Å²) in [6.45, 7) is 4.94. The summed E-state index contributed by atoms with van der Waals surface area (Å²) in [5, 5.41) is 12.6. The molecule has 1 aromatic heterocycles. The van der Waals surface area contributed by atoms with Crippen LogP contribution in [0.2, 0.25) is 0 Å². The third kappa shape index (κ3) is 8.20. The number of aliphatic hydroxyl groups is 1. The summed E-state index contributed by atoms with van der Waals surface area (Å²) in [5.74, 6) is -0.160. The van der Waals surface area contributed by atoms with E-state index in [0.717, 1.165) is 26.4 Å². The predicted octanol–water partition coefficient (Wildman–Crippen LogP) is 7.43. The Balaban J connectivity index is 1.35. The van der Waals surface area contributed by atoms with Gasteiger partial charge in [0.25, 0.3) is 6.61 Å². The van der Waals surface area contributed by atoms with E-state index < -0.39 is 0 Å². The number of carbonyl (C=O) groups is 1. The van der Waals surface area contributed by atoms with Gasteiger partial charge in [-0.2, -0.15) is 0 Å². The summed E-state index contributed by atoms with van der Waals surface area (Å²) in [4.78, 5) is 22.0. The van der Waals surface area contributed by atoms with E-state index in [-0.39, 0.29) is 11.5 Å². The van der Waals surface area contributed by atoms with Crippen molar-refractivity contribution in [3.63, 3.8) is 0 Å². The van der Waals surface area contributed by atoms with E-state index in [1.807, 2.05) is 6.92 Å². The summed E-state index contributed by atoms with van der Waals surface area (Å²) in [6.07, 6.45) is 23.3. The Morgan fingerprint density at radius 2 is 1.71 bits per heavy atom. The Morgan fingerprint density at radius 1 is 1.00 bits per heavy atom. The van der Waals surface area contributed by atoms with E-state index in [4.69, 9.17) is 4.42 Å². The minimum absolute atomic E-state index is 0.0137. The van der Waals surface area contributed by atoms with E-state index in [0.29, 0.717) is 17.8 Å². The number of aryl methyl sites for hydroxylation is 1. The maximum absolute atomic E-state index is 12.3. The zero-order valence-electron chi connectivity index (χ0n) is 20.2. The standard InChI is InChI=1S/C27H34N2O3S2/c1-3-4-5-6-7-8-9-10-11-12-17-32-25-19-29-24(34-25)16-14-22-26(30)21(27(22)31)13-15-23-28-18-20(2)33-23/h13-16,18-19H,3-12,17H2,1-2H3/p+1/b24-16-. The van der Waals surface area contributed by atoms with Gasteiger partial charge in [0.2, 0.25) is 5.78 Å². The number of carbonyl (C=O) groups excluding carboxylic acids is 2. The minimum atomic E-state index is -0.174. The van der Waals surface area contributed by atoms with Crippen LogP contribution in [0, 0.1) is 6.92 Å². The van der Waals surface area contributed by atoms with Crippen molar-refractivity contribution in [3.05, 3.63) is 56.2 Å². The van der Waals surface area contributed by atoms with Gasteiger partial charge in [-0.25, -0.2) is 14.4 Å². The molecule has 0 fully saturated rings. The third-order valence-corrected chi connectivity index (χ3v) is 7.42. The molecule has 0 spiro atoms. The number of aromatic nitrogens is 1. The van der Waals surface area contributed by atoms with Crippen LogP contribution in [0.4, 0.5) is 0 Å². The van der Waals surface area contributed by atoms with Crippen LogP contribution in [0.15, 0.2) is 51.4 Å². The fraction of sp³-hybridized carbons (Fsp3) is 0.481. The van der Waals surface area contributed by atoms with E-state index in [1.165, 1.54) is 80.9 Å². The van der Waals surface area contributed by atoms with Crippen LogP contribution in [0.3, 0.4) is 0 Å². The summed E-state index contributed by atoms with van der Waals surface area (Å²) in [6, 6.07) is 0. The number of aliphatic imine (C=N–C) groups is 1. The highest BCUT2D eigenvalue weighted by Crippen LogP contribution is 2.31. The number of ketones is 1. The van der Waals surface area contributed by atoms with Crippen molar-refractivity contribution < 1.29 is 14.3 Å². The molecule has 0 aromatic carbocycles. The molecule has 1 aliphatic carbocycles. The Kier molecular flexibility index (Phi) is 11.0. The van der Waals surface area contributed by atoms with Gasteiger partial charge in [0.05, 0.1) is 11.1 Å². The normalized spacial score (nSPS) is 19.5. The highest BCUT2D eigenvalue weighted by Gasteiger charge is 2.31. The Morgan fingerprint density at radius 3 is 2.35 bits per heavy atom. The summed E-state index contributed by atoms with van der Waals surface area (Å²) < 4.78 is 5.82. The van der Waals surface area contributed by atoms with Crippen LogP contribution in [-0.4, -0.2) is 33.8 Å². The number of rotatable bonds is 14. The van der Waals surface area contributed by atoms with E-state index in [9.17, 15) is 9.90 Å². The molecule has 7 heteroatoms. The second-order valence-corrected chi connectivity index (χ2v) is 10.8. The average molecular weight is 500 g/mol. The van der Waals surface area contributed by atoms with Gasteiger partial charge in [0.1, 0.15) is 22.0 Å². The molecule has 1 aliphatic heterocycles. The molecule has 2 heterocycles. The maximum Gasteiger partial charge on any atom is 0.403 e. The molecule has 0 atom stereocenters. The lowest BCUT2D eigenvalue weighted by Gasteiger charge is -2.17. The van der Waals surface area contributed by atoms with Gasteiger partial charge in [-0.1, -0.05) is 58.3 Å². The summed E-state index contributed by atoms with van der Waals surface area (Å²) in [7, 11) is 0. The molecule has 3 rings (SSSR count). The second-order valence-electron chi connectivity index (χ2n) is 8.53. The fourth-order valence-electron chi connectivity index (χ4n) is 3.69. The number of thioether (sulfide) groups is 1. The quantitative estimate of drug-likeness (QED) is 0.164. The zero-order valence-corrected chi connectivity index (χ0v) is 21.8. The molecule has 0 saturated heterocycles. The van der Waals surface area contributed by atoms with Crippen molar-refractivity contribution in [1.29, 1.82) is 0 Å². The van der Waals surface area contributed by atoms with Crippen LogP contribution >= 0.6 is 23.1 Å². The predicted molar refractivity (Wildman–Crippen MR) is 145 cm³/mol. The van der Waals surface area contributed by atoms with E-state index in [2.05, 4.69) is 16.9 Å². The zero-order chi connectivity index (χ0) is 24.2. The van der Waals surface area contributed by atoms with Crippen LogP contribution in [-0.2, 0) is 9.22 Å². The van der Waals surface area contributed by atoms with E-state index >= 15 is 0 Å². The van der Waals surface area contributed by atoms with Crippen molar-refractivity contribution in [2.45, 2.75) is 78.1 Å². The molecule has 2 aliphatic rings. The summed E-state index contributed by atoms with van der Waals surface area (Å²) in [5.41, 5.74) is 0.616. The lowest BCUT2D eigenvalue weighted by molar-refractivity contribution is -0.452. The van der Waals surface area contributed by atoms with Crippen molar-refractivity contribution >= 4 is 46.3 Å². The van der Waals surface area contributed by atoms with Crippen LogP contribution < -0.4 is 0 Å². The lowest BCUT2D eigenvalue weighted by atomic mass is 9.87. The van der Waals surface area contributed by atoms with Gasteiger partial charge in [-0.3, -0.25) is 4.79 Å². The molecule has 0 radical (unpaired) electrons. The maximum atomic E-state index is 12.3. The summed E-state index contributed by atoms with van der Waals surface area (Å²) >= 11 is 2.98. The molecular formula is C27H35N2O3S2+. The first-order valence-electron chi connectivity index (χ1n) is 12.3. The van der Waals surface area contributed by atoms with Gasteiger partial charge in [-0.05, 0) is 37.6 Å². The van der Waals surface area contributed by atoms with Gasteiger partial charge >= 0.3 is 5.12 Å². The number of Topliss-reactive ketones (excluding diaryl/α,β-unsaturated/α-hetero) is 1. The first-order valence-corrected chi connectivity index (χ1v) is 13.9. The number of aliphatic hydroxyl groups excluding tert-OH is 1. The number of allylic oxidation sites excluding steroid dienone is 5. The molecule has 1 aromatic rings. The fourth-order valence-corrected chi connectivity index (χ4v) is 5.06. The van der Waals surface area contributed by atoms with Crippen molar-refractivity contribution in [3.8, 4) is 0 Å². The van der Waals surface area contributed by atoms with Crippen molar-refractivity contribution in [2.24, 2.45) is 4.99 Å². The Hall–Kier alpha value is -2.25. The lowest BCUT2D eigenvalue weighted by Crippen LogP contribution is -2.20. The second kappa shape index (κ2) is 14.2. The molecule has 1 N–H and O–H groups in total. The highest BCUT2D eigenvalue weighted by atomic mass is 32.2. The van der Waals surface area contributed by atoms with Crippen LogP contribution in [0.5, 0.6) is 0 Å². The van der Waals surface area contributed by atoms with Gasteiger partial charge in [0.15, 0.2) is 0 Å². The number of hydrogen-bond acceptors (Lipinski definition) is 6. The number of nitrogens with zero attached hydrogens (tertiary/aromatic N) is 2. The molecular weight excluding hydrogens is 464 g/mol. The molecule has 0 bridgehead atoms. The van der Waals surface area contributed by atoms with E-state index in [1.54, 1.807) is 36.7 Å². The smallest absolute Gasteiger partial charge is 0.403 e. The van der Waals surface area contributed by atoms with Crippen LogP contribution in [0.1, 0.15) is 81.0 Å². The molecule has 0 saturated carbocycles. The molecule has 34 heavy (non-hydrogen) atoms. The molecule has 5 nitrogen and oxygen atoms in total. The number of hydrogen-bond donors (Lipinski definition) is 1. The first kappa shape index (κ1) is 26.4. The van der Waals surface area contributed by atoms with Gasteiger partial charge in [0, 0.05) is 29.3 Å². The molecule has 0 amide bonds. The SMILES string of the molecule is CCCCCCCCCCCC/[O+]=C1C=N/C(=C/C=C2/C(=O)C(/C=C/c3ncc(C)s3)=C2O)S\1. The van der Waals surface area contributed by atoms with Crippen molar-refractivity contribution in [1.82, 2.24) is 4.98 Å². The topological polar surface area (TPSA) is 73.9 Å². The number of unbranched alkanes of at least 4 members (excludes halogenated alkanes) is 9. The largest absolute Gasteiger partial charge is 0.506 e. The molecule has 182 valence electrons. The average Bonchev–Trinajstić information content (AvgIpc) is 3.46. The molecule has 0 unspecified atom stereocenters. The first-order chi connectivity index (χ1) is 16.6. The Bertz CT molecular complexity index is 1030. The van der Waals surface area contributed by atoms with Gasteiger partial charge < -0.3 is 5.11 Å². The third-order valence-electron chi connectivity index (χ3n) is 5.67. The van der Waals surface area contributed by atoms with Gasteiger partial charge in [-0.15, -0.1) is 11.3 Å².